The lowest BCUT2D eigenvalue weighted by Gasteiger charge is -2.32. The van der Waals surface area contributed by atoms with Crippen molar-refractivity contribution in [3.63, 3.8) is 0 Å². The number of para-hydroxylation sites is 1. The molecule has 0 unspecified atom stereocenters. The Morgan fingerprint density at radius 1 is 1.07 bits per heavy atom. The van der Waals surface area contributed by atoms with Crippen molar-refractivity contribution in [1.29, 1.82) is 0 Å². The summed E-state index contributed by atoms with van der Waals surface area (Å²) in [5.41, 5.74) is 6.06. The molecular formula is C24H25N3O2. The molecule has 1 aliphatic heterocycles. The van der Waals surface area contributed by atoms with Crippen molar-refractivity contribution in [1.82, 2.24) is 4.98 Å². The van der Waals surface area contributed by atoms with E-state index in [-0.39, 0.29) is 6.42 Å². The molecule has 0 radical (unpaired) electrons. The zero-order chi connectivity index (χ0) is 20.1. The molecule has 2 N–H and O–H groups in total. The van der Waals surface area contributed by atoms with Gasteiger partial charge >= 0.3 is 5.97 Å². The summed E-state index contributed by atoms with van der Waals surface area (Å²) in [6, 6.07) is 21.1. The highest BCUT2D eigenvalue weighted by Gasteiger charge is 2.18. The molecule has 0 saturated carbocycles. The van der Waals surface area contributed by atoms with E-state index in [1.165, 1.54) is 22.5 Å². The molecule has 0 amide bonds. The van der Waals surface area contributed by atoms with Crippen molar-refractivity contribution in [3.8, 4) is 0 Å². The second kappa shape index (κ2) is 8.78. The maximum Gasteiger partial charge on any atom is 0.303 e. The minimum absolute atomic E-state index is 0.126. The Hall–Kier alpha value is -3.34. The number of benzene rings is 2. The molecule has 5 heteroatoms. The van der Waals surface area contributed by atoms with Crippen LogP contribution >= 0.6 is 0 Å². The largest absolute Gasteiger partial charge is 0.481 e. The van der Waals surface area contributed by atoms with E-state index in [4.69, 9.17) is 5.11 Å². The van der Waals surface area contributed by atoms with Crippen LogP contribution in [0.3, 0.4) is 0 Å². The smallest absolute Gasteiger partial charge is 0.303 e. The summed E-state index contributed by atoms with van der Waals surface area (Å²) in [6.45, 7) is 1.73. The molecule has 1 aromatic heterocycles. The Kier molecular flexibility index (Phi) is 5.75. The number of anilines is 3. The van der Waals surface area contributed by atoms with Gasteiger partial charge in [0.1, 0.15) is 5.82 Å². The molecule has 1 aliphatic rings. The fourth-order valence-corrected chi connectivity index (χ4v) is 3.73. The number of nitrogens with one attached hydrogen (secondary N) is 1. The first-order valence-electron chi connectivity index (χ1n) is 10.0. The van der Waals surface area contributed by atoms with Crippen LogP contribution in [0, 0.1) is 0 Å². The normalized spacial score (nSPS) is 13.0. The molecule has 5 nitrogen and oxygen atoms in total. The average Bonchev–Trinajstić information content (AvgIpc) is 2.77. The van der Waals surface area contributed by atoms with Gasteiger partial charge in [0.15, 0.2) is 0 Å². The first-order valence-corrected chi connectivity index (χ1v) is 10.0. The summed E-state index contributed by atoms with van der Waals surface area (Å²) >= 11 is 0. The molecule has 2 heterocycles. The molecule has 148 valence electrons. The number of aromatic nitrogens is 1. The average molecular weight is 387 g/mol. The number of fused-ring (bicyclic) bond motifs is 1. The zero-order valence-corrected chi connectivity index (χ0v) is 16.3. The summed E-state index contributed by atoms with van der Waals surface area (Å²) in [6.07, 6.45) is 4.66. The number of nitrogens with zero attached hydrogens (tertiary/aromatic N) is 2. The number of pyridine rings is 1. The third kappa shape index (κ3) is 4.74. The maximum atomic E-state index is 10.7. The number of carboxylic acids is 1. The highest BCUT2D eigenvalue weighted by atomic mass is 16.4. The van der Waals surface area contributed by atoms with Crippen LogP contribution in [0.15, 0.2) is 66.9 Å². The van der Waals surface area contributed by atoms with E-state index in [1.54, 1.807) is 6.20 Å². The fourth-order valence-electron chi connectivity index (χ4n) is 3.73. The predicted molar refractivity (Wildman–Crippen MR) is 116 cm³/mol. The van der Waals surface area contributed by atoms with E-state index >= 15 is 0 Å². The molecule has 2 aromatic carbocycles. The molecule has 3 aromatic rings. The van der Waals surface area contributed by atoms with Gasteiger partial charge in [0.2, 0.25) is 0 Å². The number of rotatable bonds is 7. The molecule has 0 atom stereocenters. The van der Waals surface area contributed by atoms with Gasteiger partial charge in [-0.1, -0.05) is 36.4 Å². The standard InChI is InChI=1S/C24H25N3O2/c28-24(29)13-10-18-9-12-23(25-16-18)26-17-19-8-11-20-5-4-14-27(22(20)15-19)21-6-2-1-3-7-21/h1-3,6-9,11-12,15-16H,4-5,10,13-14,17H2,(H,25,26)(H,28,29). The monoisotopic (exact) mass is 387 g/mol. The van der Waals surface area contributed by atoms with Gasteiger partial charge in [0.25, 0.3) is 0 Å². The summed E-state index contributed by atoms with van der Waals surface area (Å²) in [5.74, 6) is 0.00543. The van der Waals surface area contributed by atoms with Crippen LogP contribution in [0.25, 0.3) is 0 Å². The van der Waals surface area contributed by atoms with Gasteiger partial charge < -0.3 is 15.3 Å². The minimum atomic E-state index is -0.788. The van der Waals surface area contributed by atoms with Crippen LogP contribution in [0.1, 0.15) is 29.5 Å². The SMILES string of the molecule is O=C(O)CCc1ccc(NCc2ccc3c(c2)N(c2ccccc2)CCC3)nc1. The van der Waals surface area contributed by atoms with E-state index in [9.17, 15) is 4.79 Å². The van der Waals surface area contributed by atoms with Gasteiger partial charge in [-0.15, -0.1) is 0 Å². The highest BCUT2D eigenvalue weighted by Crippen LogP contribution is 2.34. The van der Waals surface area contributed by atoms with Gasteiger partial charge in [-0.2, -0.15) is 0 Å². The molecule has 29 heavy (non-hydrogen) atoms. The molecule has 0 aliphatic carbocycles. The van der Waals surface area contributed by atoms with Crippen molar-refractivity contribution >= 4 is 23.2 Å². The maximum absolute atomic E-state index is 10.7. The first-order chi connectivity index (χ1) is 14.2. The van der Waals surface area contributed by atoms with Crippen LogP contribution in [0.2, 0.25) is 0 Å². The third-order valence-electron chi connectivity index (χ3n) is 5.26. The van der Waals surface area contributed by atoms with Gasteiger partial charge in [-0.25, -0.2) is 4.98 Å². The van der Waals surface area contributed by atoms with Gasteiger partial charge in [0.05, 0.1) is 0 Å². The molecule has 0 bridgehead atoms. The van der Waals surface area contributed by atoms with Gasteiger partial charge in [0, 0.05) is 37.1 Å². The number of hydrogen-bond acceptors (Lipinski definition) is 4. The lowest BCUT2D eigenvalue weighted by Crippen LogP contribution is -2.24. The van der Waals surface area contributed by atoms with Crippen LogP contribution in [0.4, 0.5) is 17.2 Å². The van der Waals surface area contributed by atoms with Gasteiger partial charge in [-0.3, -0.25) is 4.79 Å². The fraction of sp³-hybridized carbons (Fsp3) is 0.250. The van der Waals surface area contributed by atoms with E-state index < -0.39 is 5.97 Å². The number of hydrogen-bond donors (Lipinski definition) is 2. The molecule has 4 rings (SSSR count). The molecule has 0 spiro atoms. The van der Waals surface area contributed by atoms with Crippen molar-refractivity contribution in [2.24, 2.45) is 0 Å². The summed E-state index contributed by atoms with van der Waals surface area (Å²) < 4.78 is 0. The number of aryl methyl sites for hydroxylation is 2. The van der Waals surface area contributed by atoms with Crippen LogP contribution in [-0.4, -0.2) is 22.6 Å². The molecule has 0 saturated heterocycles. The Morgan fingerprint density at radius 2 is 1.90 bits per heavy atom. The molecular weight excluding hydrogens is 362 g/mol. The number of carboxylic acid groups (broad SMARTS) is 1. The third-order valence-corrected chi connectivity index (χ3v) is 5.26. The first kappa shape index (κ1) is 19.0. The Labute approximate surface area is 171 Å². The van der Waals surface area contributed by atoms with Crippen LogP contribution in [0.5, 0.6) is 0 Å². The lowest BCUT2D eigenvalue weighted by atomic mass is 9.99. The van der Waals surface area contributed by atoms with Crippen molar-refractivity contribution in [3.05, 3.63) is 83.6 Å². The second-order valence-corrected chi connectivity index (χ2v) is 7.35. The van der Waals surface area contributed by atoms with Crippen LogP contribution < -0.4 is 10.2 Å². The zero-order valence-electron chi connectivity index (χ0n) is 16.3. The number of carbonyl (C=O) groups is 1. The summed E-state index contributed by atoms with van der Waals surface area (Å²) in [7, 11) is 0. The quantitative estimate of drug-likeness (QED) is 0.610. The van der Waals surface area contributed by atoms with E-state index in [0.29, 0.717) is 13.0 Å². The van der Waals surface area contributed by atoms with Gasteiger partial charge in [-0.05, 0) is 60.2 Å². The van der Waals surface area contributed by atoms with E-state index in [0.717, 1.165) is 30.8 Å². The van der Waals surface area contributed by atoms with Crippen molar-refractivity contribution in [2.75, 3.05) is 16.8 Å². The predicted octanol–water partition coefficient (Wildman–Crippen LogP) is 4.80. The Balaban J connectivity index is 1.44. The van der Waals surface area contributed by atoms with Crippen LogP contribution in [-0.2, 0) is 24.2 Å². The van der Waals surface area contributed by atoms with Crippen molar-refractivity contribution < 1.29 is 9.90 Å². The summed E-state index contributed by atoms with van der Waals surface area (Å²) in [5, 5.41) is 12.1. The summed E-state index contributed by atoms with van der Waals surface area (Å²) in [4.78, 5) is 17.5. The minimum Gasteiger partial charge on any atom is -0.481 e. The number of aliphatic carboxylic acids is 1. The molecule has 0 fully saturated rings. The lowest BCUT2D eigenvalue weighted by molar-refractivity contribution is -0.136. The second-order valence-electron chi connectivity index (χ2n) is 7.35. The highest BCUT2D eigenvalue weighted by molar-refractivity contribution is 5.69. The Morgan fingerprint density at radius 3 is 2.66 bits per heavy atom. The van der Waals surface area contributed by atoms with Crippen molar-refractivity contribution in [2.45, 2.75) is 32.2 Å². The van der Waals surface area contributed by atoms with E-state index in [2.05, 4.69) is 63.7 Å². The van der Waals surface area contributed by atoms with E-state index in [1.807, 2.05) is 12.1 Å². The Bertz CT molecular complexity index is 971. The topological polar surface area (TPSA) is 65.5 Å².